The quantitative estimate of drug-likeness (QED) is 0.460. The summed E-state index contributed by atoms with van der Waals surface area (Å²) in [5.74, 6) is 1.15. The molecule has 3 nitrogen and oxygen atoms in total. The first-order chi connectivity index (χ1) is 4.68. The summed E-state index contributed by atoms with van der Waals surface area (Å²) in [6.07, 6.45) is 1.08. The summed E-state index contributed by atoms with van der Waals surface area (Å²) >= 11 is 0. The monoisotopic (exact) mass is 162 g/mol. The summed E-state index contributed by atoms with van der Waals surface area (Å²) in [4.78, 5) is 0. The largest absolute Gasteiger partial charge is 0.430 e. The van der Waals surface area contributed by atoms with Gasteiger partial charge in [0.05, 0.1) is 12.9 Å². The highest BCUT2D eigenvalue weighted by atomic mass is 31.2. The van der Waals surface area contributed by atoms with Crippen LogP contribution in [0.3, 0.4) is 0 Å². The molecule has 4 heteroatoms. The van der Waals surface area contributed by atoms with Gasteiger partial charge in [0, 0.05) is 5.82 Å². The Kier molecular flexibility index (Phi) is 4.08. The Labute approximate surface area is 60.9 Å². The first kappa shape index (κ1) is 9.47. The molecule has 0 amide bonds. The molecule has 1 unspecified atom stereocenters. The Morgan fingerprint density at radius 2 is 2.20 bits per heavy atom. The molecule has 10 heavy (non-hydrogen) atoms. The molecule has 0 heterocycles. The Bertz CT molecular complexity index is 164. The van der Waals surface area contributed by atoms with E-state index in [1.165, 1.54) is 0 Å². The van der Waals surface area contributed by atoms with E-state index in [2.05, 4.69) is 17.7 Å². The minimum Gasteiger partial charge on any atom is -0.430 e. The number of hydrogen-bond acceptors (Lipinski definition) is 3. The SMILES string of the molecule is C=COP(=O)(C=C)OCC. The highest BCUT2D eigenvalue weighted by Gasteiger charge is 2.17. The van der Waals surface area contributed by atoms with Crippen molar-refractivity contribution < 1.29 is 13.6 Å². The van der Waals surface area contributed by atoms with Crippen LogP contribution in [-0.2, 0) is 13.6 Å². The molecule has 0 bridgehead atoms. The lowest BCUT2D eigenvalue weighted by Gasteiger charge is -2.10. The second-order valence-corrected chi connectivity index (χ2v) is 3.33. The minimum absolute atomic E-state index is 0.330. The summed E-state index contributed by atoms with van der Waals surface area (Å²) in [6, 6.07) is 0. The summed E-state index contributed by atoms with van der Waals surface area (Å²) < 4.78 is 20.5. The van der Waals surface area contributed by atoms with Gasteiger partial charge >= 0.3 is 7.60 Å². The van der Waals surface area contributed by atoms with E-state index in [1.54, 1.807) is 6.92 Å². The fourth-order valence-electron chi connectivity index (χ4n) is 0.410. The standard InChI is InChI=1S/C6H11O3P/c1-4-8-10(7,6-3)9-5-2/h4,6H,1,3,5H2,2H3. The minimum atomic E-state index is -3.05. The molecule has 0 aromatic heterocycles. The summed E-state index contributed by atoms with van der Waals surface area (Å²) in [7, 11) is -3.05. The third-order valence-electron chi connectivity index (χ3n) is 0.754. The van der Waals surface area contributed by atoms with Crippen LogP contribution in [0, 0.1) is 0 Å². The molecule has 0 saturated heterocycles. The van der Waals surface area contributed by atoms with E-state index in [4.69, 9.17) is 4.52 Å². The van der Waals surface area contributed by atoms with Crippen molar-refractivity contribution in [2.75, 3.05) is 6.61 Å². The van der Waals surface area contributed by atoms with Gasteiger partial charge < -0.3 is 4.52 Å². The zero-order chi connectivity index (χ0) is 8.04. The number of rotatable bonds is 5. The van der Waals surface area contributed by atoms with Crippen LogP contribution in [0.2, 0.25) is 0 Å². The van der Waals surface area contributed by atoms with Gasteiger partial charge in [0.15, 0.2) is 0 Å². The van der Waals surface area contributed by atoms with Crippen molar-refractivity contribution in [1.29, 1.82) is 0 Å². The van der Waals surface area contributed by atoms with Gasteiger partial charge in [0.2, 0.25) is 0 Å². The summed E-state index contributed by atoms with van der Waals surface area (Å²) in [6.45, 7) is 8.62. The maximum Gasteiger partial charge on any atom is 0.402 e. The normalized spacial score (nSPS) is 15.3. The number of hydrogen-bond donors (Lipinski definition) is 0. The molecule has 0 aliphatic carbocycles. The van der Waals surface area contributed by atoms with E-state index in [1.807, 2.05) is 0 Å². The van der Waals surface area contributed by atoms with E-state index in [0.29, 0.717) is 6.61 Å². The molecule has 0 rings (SSSR count). The molecule has 0 saturated carbocycles. The fourth-order valence-corrected chi connectivity index (χ4v) is 1.23. The van der Waals surface area contributed by atoms with Gasteiger partial charge in [-0.05, 0) is 6.92 Å². The molecular formula is C6H11O3P. The maximum atomic E-state index is 11.1. The van der Waals surface area contributed by atoms with E-state index in [-0.39, 0.29) is 0 Å². The summed E-state index contributed by atoms with van der Waals surface area (Å²) in [5, 5.41) is 0. The highest BCUT2D eigenvalue weighted by molar-refractivity contribution is 7.57. The average molecular weight is 162 g/mol. The molecule has 1 atom stereocenters. The van der Waals surface area contributed by atoms with Gasteiger partial charge in [-0.2, -0.15) is 0 Å². The van der Waals surface area contributed by atoms with Crippen LogP contribution in [0.5, 0.6) is 0 Å². The van der Waals surface area contributed by atoms with E-state index >= 15 is 0 Å². The van der Waals surface area contributed by atoms with Crippen molar-refractivity contribution in [3.8, 4) is 0 Å². The van der Waals surface area contributed by atoms with Crippen LogP contribution in [0.1, 0.15) is 6.92 Å². The average Bonchev–Trinajstić information content (AvgIpc) is 1.89. The van der Waals surface area contributed by atoms with E-state index < -0.39 is 7.60 Å². The Morgan fingerprint density at radius 3 is 2.50 bits per heavy atom. The molecule has 0 aliphatic heterocycles. The van der Waals surface area contributed by atoms with Crippen molar-refractivity contribution in [1.82, 2.24) is 0 Å². The van der Waals surface area contributed by atoms with Gasteiger partial charge in [-0.1, -0.05) is 13.2 Å². The lowest BCUT2D eigenvalue weighted by molar-refractivity contribution is 0.271. The first-order valence-corrected chi connectivity index (χ1v) is 4.47. The molecule has 0 aromatic rings. The van der Waals surface area contributed by atoms with Crippen molar-refractivity contribution in [3.05, 3.63) is 25.2 Å². The maximum absolute atomic E-state index is 11.1. The zero-order valence-electron chi connectivity index (χ0n) is 5.95. The lowest BCUT2D eigenvalue weighted by Crippen LogP contribution is -1.86. The van der Waals surface area contributed by atoms with Crippen LogP contribution in [0.25, 0.3) is 0 Å². The van der Waals surface area contributed by atoms with Crippen LogP contribution >= 0.6 is 7.60 Å². The van der Waals surface area contributed by atoms with Gasteiger partial charge in [-0.3, -0.25) is 4.52 Å². The second kappa shape index (κ2) is 4.31. The van der Waals surface area contributed by atoms with Gasteiger partial charge in [-0.15, -0.1) is 0 Å². The van der Waals surface area contributed by atoms with E-state index in [0.717, 1.165) is 12.1 Å². The third-order valence-corrected chi connectivity index (χ3v) is 2.26. The van der Waals surface area contributed by atoms with Crippen molar-refractivity contribution in [3.63, 3.8) is 0 Å². The van der Waals surface area contributed by atoms with Crippen molar-refractivity contribution >= 4 is 7.60 Å². The molecule has 0 radical (unpaired) electrons. The van der Waals surface area contributed by atoms with Crippen LogP contribution in [0.4, 0.5) is 0 Å². The molecule has 0 spiro atoms. The van der Waals surface area contributed by atoms with Gasteiger partial charge in [0.25, 0.3) is 0 Å². The van der Waals surface area contributed by atoms with Crippen LogP contribution in [-0.4, -0.2) is 6.61 Å². The van der Waals surface area contributed by atoms with Crippen molar-refractivity contribution in [2.24, 2.45) is 0 Å². The fraction of sp³-hybridized carbons (Fsp3) is 0.333. The second-order valence-electron chi connectivity index (χ2n) is 1.41. The first-order valence-electron chi connectivity index (χ1n) is 2.85. The molecule has 0 fully saturated rings. The topological polar surface area (TPSA) is 35.5 Å². The molecule has 0 N–H and O–H groups in total. The predicted molar refractivity (Wildman–Crippen MR) is 40.7 cm³/mol. The van der Waals surface area contributed by atoms with Crippen LogP contribution in [0.15, 0.2) is 25.2 Å². The lowest BCUT2D eigenvalue weighted by atomic mass is 10.9. The molecule has 58 valence electrons. The molecule has 0 aromatic carbocycles. The zero-order valence-corrected chi connectivity index (χ0v) is 6.84. The van der Waals surface area contributed by atoms with Crippen LogP contribution < -0.4 is 0 Å². The highest BCUT2D eigenvalue weighted by Crippen LogP contribution is 2.49. The van der Waals surface area contributed by atoms with E-state index in [9.17, 15) is 4.57 Å². The predicted octanol–water partition coefficient (Wildman–Crippen LogP) is 2.52. The summed E-state index contributed by atoms with van der Waals surface area (Å²) in [5.41, 5.74) is 0. The smallest absolute Gasteiger partial charge is 0.402 e. The Hall–Kier alpha value is -0.530. The molecule has 0 aliphatic rings. The third kappa shape index (κ3) is 2.85. The van der Waals surface area contributed by atoms with Gasteiger partial charge in [-0.25, -0.2) is 4.57 Å². The van der Waals surface area contributed by atoms with Gasteiger partial charge in [0.1, 0.15) is 0 Å². The Morgan fingerprint density at radius 1 is 1.60 bits per heavy atom. The Balaban J connectivity index is 4.08. The molecular weight excluding hydrogens is 151 g/mol. The van der Waals surface area contributed by atoms with Crippen molar-refractivity contribution in [2.45, 2.75) is 6.92 Å².